The maximum atomic E-state index is 12.0. The van der Waals surface area contributed by atoms with Gasteiger partial charge in [0, 0.05) is 12.7 Å². The number of amides is 1. The largest absolute Gasteiger partial charge is 0.480 e. The van der Waals surface area contributed by atoms with Gasteiger partial charge in [0.1, 0.15) is 13.1 Å². The van der Waals surface area contributed by atoms with Crippen molar-refractivity contribution in [2.45, 2.75) is 13.5 Å². The second-order valence-corrected chi connectivity index (χ2v) is 4.17. The van der Waals surface area contributed by atoms with Gasteiger partial charge in [0.15, 0.2) is 5.65 Å². The monoisotopic (exact) mass is 278 g/mol. The number of nitrogens with zero attached hydrogens (tertiary/aromatic N) is 4. The number of fused-ring (bicyclic) bond motifs is 1. The Kier molecular flexibility index (Phi) is 3.83. The first-order valence-electron chi connectivity index (χ1n) is 6.06. The van der Waals surface area contributed by atoms with E-state index in [0.717, 1.165) is 9.58 Å². The second-order valence-electron chi connectivity index (χ2n) is 4.17. The molecule has 0 saturated heterocycles. The van der Waals surface area contributed by atoms with Crippen LogP contribution in [0.4, 0.5) is 0 Å². The van der Waals surface area contributed by atoms with Gasteiger partial charge in [-0.3, -0.25) is 14.0 Å². The average molecular weight is 278 g/mol. The molecular weight excluding hydrogens is 264 g/mol. The fourth-order valence-corrected chi connectivity index (χ4v) is 1.84. The van der Waals surface area contributed by atoms with E-state index in [4.69, 9.17) is 5.11 Å². The number of carboxylic acid groups (broad SMARTS) is 1. The first-order valence-corrected chi connectivity index (χ1v) is 6.06. The minimum atomic E-state index is -1.09. The summed E-state index contributed by atoms with van der Waals surface area (Å²) in [6, 6.07) is 5.07. The summed E-state index contributed by atoms with van der Waals surface area (Å²) >= 11 is 0. The molecule has 0 aliphatic carbocycles. The Morgan fingerprint density at radius 2 is 2.15 bits per heavy atom. The van der Waals surface area contributed by atoms with Gasteiger partial charge in [-0.15, -0.1) is 5.10 Å². The molecule has 106 valence electrons. The lowest BCUT2D eigenvalue weighted by atomic mass is 10.4. The highest BCUT2D eigenvalue weighted by Gasteiger charge is 2.17. The van der Waals surface area contributed by atoms with Crippen LogP contribution in [0.3, 0.4) is 0 Å². The molecule has 8 nitrogen and oxygen atoms in total. The molecule has 0 unspecified atom stereocenters. The van der Waals surface area contributed by atoms with Gasteiger partial charge in [-0.25, -0.2) is 9.48 Å². The van der Waals surface area contributed by atoms with Crippen LogP contribution in [0.15, 0.2) is 29.2 Å². The Balaban J connectivity index is 2.23. The predicted molar refractivity (Wildman–Crippen MR) is 69.3 cm³/mol. The van der Waals surface area contributed by atoms with Crippen molar-refractivity contribution in [1.29, 1.82) is 0 Å². The van der Waals surface area contributed by atoms with Crippen molar-refractivity contribution in [2.75, 3.05) is 13.1 Å². The summed E-state index contributed by atoms with van der Waals surface area (Å²) in [6.45, 7) is 1.26. The Morgan fingerprint density at radius 1 is 1.40 bits per heavy atom. The summed E-state index contributed by atoms with van der Waals surface area (Å²) in [4.78, 5) is 35.7. The quantitative estimate of drug-likeness (QED) is 0.790. The Hall–Kier alpha value is -2.64. The fourth-order valence-electron chi connectivity index (χ4n) is 1.84. The smallest absolute Gasteiger partial charge is 0.350 e. The van der Waals surface area contributed by atoms with Crippen molar-refractivity contribution in [3.05, 3.63) is 34.9 Å². The maximum absolute atomic E-state index is 12.0. The lowest BCUT2D eigenvalue weighted by Gasteiger charge is -2.17. The zero-order chi connectivity index (χ0) is 14.7. The number of pyridine rings is 1. The molecule has 0 bridgehead atoms. The number of carboxylic acids is 1. The molecule has 1 N–H and O–H groups in total. The van der Waals surface area contributed by atoms with Crippen molar-refractivity contribution in [3.63, 3.8) is 0 Å². The van der Waals surface area contributed by atoms with Crippen molar-refractivity contribution >= 4 is 17.5 Å². The van der Waals surface area contributed by atoms with Gasteiger partial charge in [-0.05, 0) is 19.1 Å². The van der Waals surface area contributed by atoms with Crippen LogP contribution in [0.2, 0.25) is 0 Å². The van der Waals surface area contributed by atoms with Crippen LogP contribution in [0.25, 0.3) is 5.65 Å². The first kappa shape index (κ1) is 13.8. The van der Waals surface area contributed by atoms with Crippen LogP contribution in [-0.2, 0) is 16.1 Å². The molecule has 2 heterocycles. The highest BCUT2D eigenvalue weighted by molar-refractivity contribution is 5.81. The zero-order valence-corrected chi connectivity index (χ0v) is 10.9. The molecule has 0 atom stereocenters. The van der Waals surface area contributed by atoms with Crippen LogP contribution in [0.1, 0.15) is 6.92 Å². The molecule has 2 aromatic heterocycles. The third-order valence-corrected chi connectivity index (χ3v) is 2.83. The first-order chi connectivity index (χ1) is 9.52. The Bertz CT molecular complexity index is 703. The van der Waals surface area contributed by atoms with Crippen LogP contribution in [0.5, 0.6) is 0 Å². The van der Waals surface area contributed by atoms with E-state index in [1.807, 2.05) is 0 Å². The lowest BCUT2D eigenvalue weighted by Crippen LogP contribution is -2.39. The summed E-state index contributed by atoms with van der Waals surface area (Å²) in [6.07, 6.45) is 1.56. The van der Waals surface area contributed by atoms with Crippen LogP contribution >= 0.6 is 0 Å². The molecular formula is C12H14N4O4. The van der Waals surface area contributed by atoms with Gasteiger partial charge in [0.05, 0.1) is 0 Å². The molecule has 0 fully saturated rings. The SMILES string of the molecule is CCN(CC(=O)O)C(=O)Cn1nc2ccccn2c1=O. The minimum Gasteiger partial charge on any atom is -0.480 e. The normalized spacial score (nSPS) is 10.7. The van der Waals surface area contributed by atoms with Gasteiger partial charge in [-0.2, -0.15) is 0 Å². The average Bonchev–Trinajstić information content (AvgIpc) is 2.73. The molecule has 0 aliphatic rings. The Morgan fingerprint density at radius 3 is 2.75 bits per heavy atom. The number of hydrogen-bond acceptors (Lipinski definition) is 4. The van der Waals surface area contributed by atoms with E-state index < -0.39 is 24.1 Å². The summed E-state index contributed by atoms with van der Waals surface area (Å²) in [5, 5.41) is 12.7. The highest BCUT2D eigenvalue weighted by Crippen LogP contribution is 1.97. The fraction of sp³-hybridized carbons (Fsp3) is 0.333. The highest BCUT2D eigenvalue weighted by atomic mass is 16.4. The molecule has 1 amide bonds. The van der Waals surface area contributed by atoms with Crippen molar-refractivity contribution < 1.29 is 14.7 Å². The van der Waals surface area contributed by atoms with Gasteiger partial charge in [-0.1, -0.05) is 6.07 Å². The number of rotatable bonds is 5. The van der Waals surface area contributed by atoms with Gasteiger partial charge in [0.25, 0.3) is 0 Å². The molecule has 2 aromatic rings. The lowest BCUT2D eigenvalue weighted by molar-refractivity contribution is -0.144. The van der Waals surface area contributed by atoms with E-state index in [0.29, 0.717) is 5.65 Å². The van der Waals surface area contributed by atoms with E-state index in [1.54, 1.807) is 31.3 Å². The summed E-state index contributed by atoms with van der Waals surface area (Å²) in [7, 11) is 0. The number of aromatic nitrogens is 3. The minimum absolute atomic E-state index is 0.257. The molecule has 8 heteroatoms. The van der Waals surface area contributed by atoms with E-state index in [9.17, 15) is 14.4 Å². The maximum Gasteiger partial charge on any atom is 0.350 e. The molecule has 0 radical (unpaired) electrons. The standard InChI is InChI=1S/C12H14N4O4/c1-2-14(8-11(18)19)10(17)7-16-12(20)15-6-4-3-5-9(15)13-16/h3-6H,2,7-8H2,1H3,(H,18,19). The summed E-state index contributed by atoms with van der Waals surface area (Å²) < 4.78 is 2.35. The number of hydrogen-bond donors (Lipinski definition) is 1. The van der Waals surface area contributed by atoms with Crippen LogP contribution in [0, 0.1) is 0 Å². The molecule has 2 rings (SSSR count). The summed E-state index contributed by atoms with van der Waals surface area (Å²) in [5.74, 6) is -1.55. The summed E-state index contributed by atoms with van der Waals surface area (Å²) in [5.41, 5.74) is 0.00640. The van der Waals surface area contributed by atoms with Crippen molar-refractivity contribution in [1.82, 2.24) is 19.1 Å². The number of likely N-dealkylation sites (N-methyl/N-ethyl adjacent to an activating group) is 1. The zero-order valence-electron chi connectivity index (χ0n) is 10.9. The number of aliphatic carboxylic acids is 1. The van der Waals surface area contributed by atoms with E-state index in [-0.39, 0.29) is 13.1 Å². The number of carbonyl (C=O) groups is 2. The van der Waals surface area contributed by atoms with E-state index in [2.05, 4.69) is 5.10 Å². The van der Waals surface area contributed by atoms with Gasteiger partial charge < -0.3 is 10.0 Å². The van der Waals surface area contributed by atoms with E-state index in [1.165, 1.54) is 4.40 Å². The topological polar surface area (TPSA) is 96.9 Å². The molecule has 0 aliphatic heterocycles. The van der Waals surface area contributed by atoms with Crippen LogP contribution < -0.4 is 5.69 Å². The number of carbonyl (C=O) groups excluding carboxylic acids is 1. The second kappa shape index (κ2) is 5.55. The predicted octanol–water partition coefficient (Wildman–Crippen LogP) is -0.571. The van der Waals surface area contributed by atoms with Gasteiger partial charge in [0.2, 0.25) is 5.91 Å². The molecule has 0 saturated carbocycles. The molecule has 20 heavy (non-hydrogen) atoms. The van der Waals surface area contributed by atoms with Crippen molar-refractivity contribution in [2.24, 2.45) is 0 Å². The van der Waals surface area contributed by atoms with Gasteiger partial charge >= 0.3 is 11.7 Å². The molecule has 0 spiro atoms. The Labute approximate surface area is 113 Å². The third kappa shape index (κ3) is 2.68. The van der Waals surface area contributed by atoms with E-state index >= 15 is 0 Å². The third-order valence-electron chi connectivity index (χ3n) is 2.83. The molecule has 0 aromatic carbocycles. The van der Waals surface area contributed by atoms with Crippen LogP contribution in [-0.4, -0.2) is 49.2 Å². The van der Waals surface area contributed by atoms with Crippen molar-refractivity contribution in [3.8, 4) is 0 Å².